The van der Waals surface area contributed by atoms with Crippen molar-refractivity contribution in [1.82, 2.24) is 47.5 Å². The van der Waals surface area contributed by atoms with Gasteiger partial charge in [-0.25, -0.2) is 4.79 Å². The number of hydrogen-bond donors (Lipinski definition) is 21. The lowest BCUT2D eigenvalue weighted by atomic mass is 10.0. The average molecular weight is 1190 g/mol. The fraction of sp³-hybridized carbons (Fsp3) is 0.580. The number of aliphatic carboxylic acids is 1. The maximum absolute atomic E-state index is 14.6. The number of nitrogens with one attached hydrogen (secondary N) is 9. The SMILES string of the molecule is CC(O)C(NC(=O)C(CO)NC(=O)C(CC(N)=O)NC(=O)C(CCCCN)NC(=O)C(Cc1c[nH]c2ccccc12)NC(=O)C(CCCCN)NC(=O)C(N)CCCN=C(N)N)C(=O)NC(CC(N)=O)C(=O)NC(CCCN=C(N)N)C(=O)O. The van der Waals surface area contributed by atoms with E-state index in [1.807, 2.05) is 0 Å². The van der Waals surface area contributed by atoms with E-state index in [-0.39, 0.29) is 83.0 Å². The number of H-pyrrole nitrogens is 1. The number of amides is 10. The van der Waals surface area contributed by atoms with Crippen molar-refractivity contribution in [3.05, 3.63) is 36.0 Å². The predicted octanol–water partition coefficient (Wildman–Crippen LogP) is -8.51. The second-order valence-electron chi connectivity index (χ2n) is 19.7. The molecule has 1 aromatic carbocycles. The van der Waals surface area contributed by atoms with Crippen molar-refractivity contribution in [3.63, 3.8) is 0 Å². The molecule has 0 spiro atoms. The Labute approximate surface area is 483 Å². The molecule has 0 saturated heterocycles. The topological polar surface area (TPSA) is 619 Å². The molecular formula is C50H84N20O14. The van der Waals surface area contributed by atoms with Crippen molar-refractivity contribution in [2.75, 3.05) is 32.8 Å². The average Bonchev–Trinajstić information content (AvgIpc) is 3.18. The molecule has 0 aliphatic heterocycles. The zero-order valence-electron chi connectivity index (χ0n) is 46.8. The van der Waals surface area contributed by atoms with Crippen molar-refractivity contribution in [1.29, 1.82) is 0 Å². The number of unbranched alkanes of at least 4 members (excludes halogenated alkanes) is 2. The van der Waals surface area contributed by atoms with Gasteiger partial charge in [-0.05, 0) is 95.9 Å². The van der Waals surface area contributed by atoms with E-state index in [0.29, 0.717) is 42.1 Å². The molecule has 0 bridgehead atoms. The number of aliphatic hydroxyl groups is 2. The molecule has 0 saturated carbocycles. The number of primary amides is 2. The van der Waals surface area contributed by atoms with Crippen LogP contribution in [-0.4, -0.2) is 191 Å². The molecule has 10 amide bonds. The fourth-order valence-corrected chi connectivity index (χ4v) is 8.24. The number of benzene rings is 1. The lowest BCUT2D eigenvalue weighted by Gasteiger charge is -2.28. The first-order chi connectivity index (χ1) is 39.7. The number of aliphatic imine (C=N–C) groups is 2. The van der Waals surface area contributed by atoms with Crippen LogP contribution in [0.25, 0.3) is 10.9 Å². The molecule has 30 N–H and O–H groups in total. The Balaban J connectivity index is 2.43. The molecule has 34 heteroatoms. The van der Waals surface area contributed by atoms with Crippen LogP contribution in [0.1, 0.15) is 89.5 Å². The number of para-hydroxylation sites is 1. The first-order valence-electron chi connectivity index (χ1n) is 27.1. The summed E-state index contributed by atoms with van der Waals surface area (Å²) < 4.78 is 0. The third-order valence-corrected chi connectivity index (χ3v) is 12.7. The Hall–Kier alpha value is -8.73. The van der Waals surface area contributed by atoms with Crippen LogP contribution in [-0.2, 0) is 59.2 Å². The number of hydrogen-bond acceptors (Lipinski definition) is 18. The van der Waals surface area contributed by atoms with E-state index in [0.717, 1.165) is 6.92 Å². The summed E-state index contributed by atoms with van der Waals surface area (Å²) in [7, 11) is 0. The summed E-state index contributed by atoms with van der Waals surface area (Å²) in [5, 5.41) is 50.1. The molecule has 10 unspecified atom stereocenters. The number of fused-ring (bicyclic) bond motifs is 1. The molecule has 1 heterocycles. The number of nitrogens with zero attached hydrogens (tertiary/aromatic N) is 2. The first-order valence-corrected chi connectivity index (χ1v) is 27.1. The van der Waals surface area contributed by atoms with Crippen molar-refractivity contribution in [3.8, 4) is 0 Å². The molecule has 0 aliphatic carbocycles. The Morgan fingerprint density at radius 2 is 0.940 bits per heavy atom. The van der Waals surface area contributed by atoms with E-state index in [1.54, 1.807) is 30.5 Å². The van der Waals surface area contributed by atoms with Crippen molar-refractivity contribution >= 4 is 87.9 Å². The molecule has 0 aliphatic rings. The quantitative estimate of drug-likeness (QED) is 0.0167. The number of carboxylic acids is 1. The van der Waals surface area contributed by atoms with Gasteiger partial charge in [0.2, 0.25) is 59.1 Å². The van der Waals surface area contributed by atoms with Gasteiger partial charge in [0.15, 0.2) is 11.9 Å². The van der Waals surface area contributed by atoms with Gasteiger partial charge in [0.1, 0.15) is 48.3 Å². The van der Waals surface area contributed by atoms with Crippen LogP contribution in [0, 0.1) is 0 Å². The number of aromatic nitrogens is 1. The second-order valence-corrected chi connectivity index (χ2v) is 19.7. The Bertz CT molecular complexity index is 2610. The Kier molecular flexibility index (Phi) is 31.8. The van der Waals surface area contributed by atoms with Gasteiger partial charge >= 0.3 is 5.97 Å². The highest BCUT2D eigenvalue weighted by atomic mass is 16.4. The van der Waals surface area contributed by atoms with Gasteiger partial charge < -0.3 is 114 Å². The summed E-state index contributed by atoms with van der Waals surface area (Å²) in [5.74, 6) is -12.8. The molecular weight excluding hydrogens is 1100 g/mol. The fourth-order valence-electron chi connectivity index (χ4n) is 8.24. The number of aromatic amines is 1. The standard InChI is InChI=1S/C50H84N20O14/c1-25(72)39(47(82)68-35(22-38(55)74)44(79)65-32(48(83)84)15-9-19-61-50(58)59)70-46(81)36(24-71)69-45(80)34(21-37(54)73)67-42(77)31(14-5-7-17-52)64-43(78)33(20-26-23-62-29-12-3-2-10-27(26)29)66-41(76)30(13-4-6-16-51)63-40(75)28(53)11-8-18-60-49(56)57/h2-3,10,12,23,25,28,30-36,39,62,71-72H,4-9,11,13-22,24,51-53H2,1H3,(H2,54,73)(H2,55,74)(H,63,75)(H,64,78)(H,65,79)(H,66,76)(H,67,77)(H,68,82)(H,69,80)(H,70,81)(H,83,84)(H4,56,57,60)(H4,58,59,61). The second kappa shape index (κ2) is 37.4. The number of carboxylic acid groups (broad SMARTS) is 1. The van der Waals surface area contributed by atoms with Gasteiger partial charge in [0.05, 0.1) is 31.6 Å². The lowest BCUT2D eigenvalue weighted by molar-refractivity contribution is -0.143. The summed E-state index contributed by atoms with van der Waals surface area (Å²) in [4.78, 5) is 158. The van der Waals surface area contributed by atoms with Gasteiger partial charge in [-0.15, -0.1) is 0 Å². The van der Waals surface area contributed by atoms with Crippen LogP contribution in [0.3, 0.4) is 0 Å². The largest absolute Gasteiger partial charge is 0.480 e. The molecule has 468 valence electrons. The lowest BCUT2D eigenvalue weighted by Crippen LogP contribution is -2.62. The third kappa shape index (κ3) is 26.0. The van der Waals surface area contributed by atoms with E-state index < -0.39 is 145 Å². The Morgan fingerprint density at radius 3 is 1.43 bits per heavy atom. The van der Waals surface area contributed by atoms with E-state index in [9.17, 15) is 68.1 Å². The van der Waals surface area contributed by atoms with Crippen molar-refractivity contribution in [2.45, 2.75) is 151 Å². The summed E-state index contributed by atoms with van der Waals surface area (Å²) in [6.45, 7) is 0.444. The third-order valence-electron chi connectivity index (χ3n) is 12.7. The van der Waals surface area contributed by atoms with E-state index in [2.05, 4.69) is 57.5 Å². The summed E-state index contributed by atoms with van der Waals surface area (Å²) in [5.41, 5.74) is 51.0. The first kappa shape index (κ1) is 71.4. The zero-order valence-corrected chi connectivity index (χ0v) is 46.8. The minimum absolute atomic E-state index is 0.00400. The number of carbonyl (C=O) groups excluding carboxylic acids is 10. The monoisotopic (exact) mass is 1190 g/mol. The summed E-state index contributed by atoms with van der Waals surface area (Å²) >= 11 is 0. The van der Waals surface area contributed by atoms with Crippen LogP contribution in [0.2, 0.25) is 0 Å². The molecule has 84 heavy (non-hydrogen) atoms. The molecule has 10 atom stereocenters. The van der Waals surface area contributed by atoms with Crippen LogP contribution in [0.5, 0.6) is 0 Å². The van der Waals surface area contributed by atoms with Gasteiger partial charge in [-0.1, -0.05) is 18.2 Å². The molecule has 0 fully saturated rings. The maximum atomic E-state index is 14.6. The number of nitrogens with two attached hydrogens (primary N) is 9. The van der Waals surface area contributed by atoms with E-state index >= 15 is 0 Å². The maximum Gasteiger partial charge on any atom is 0.326 e. The number of aliphatic hydroxyl groups excluding tert-OH is 2. The van der Waals surface area contributed by atoms with Gasteiger partial charge in [0.25, 0.3) is 0 Å². The smallest absolute Gasteiger partial charge is 0.326 e. The molecule has 2 aromatic rings. The summed E-state index contributed by atoms with van der Waals surface area (Å²) in [6, 6.07) is -7.48. The zero-order chi connectivity index (χ0) is 63.1. The predicted molar refractivity (Wildman–Crippen MR) is 305 cm³/mol. The van der Waals surface area contributed by atoms with Crippen molar-refractivity contribution < 1.29 is 68.1 Å². The highest BCUT2D eigenvalue weighted by Gasteiger charge is 2.37. The van der Waals surface area contributed by atoms with Crippen molar-refractivity contribution in [2.24, 2.45) is 61.6 Å². The van der Waals surface area contributed by atoms with E-state index in [1.165, 1.54) is 0 Å². The highest BCUT2D eigenvalue weighted by Crippen LogP contribution is 2.20. The number of carbonyl (C=O) groups is 11. The normalized spacial score (nSPS) is 14.6. The Morgan fingerprint density at radius 1 is 0.524 bits per heavy atom. The summed E-state index contributed by atoms with van der Waals surface area (Å²) in [6.07, 6.45) is -0.397. The van der Waals surface area contributed by atoms with Gasteiger partial charge in [-0.3, -0.25) is 57.9 Å². The number of guanidine groups is 2. The molecule has 0 radical (unpaired) electrons. The van der Waals surface area contributed by atoms with E-state index in [4.69, 9.17) is 51.6 Å². The number of rotatable bonds is 41. The molecule has 34 nitrogen and oxygen atoms in total. The van der Waals surface area contributed by atoms with Gasteiger partial charge in [-0.2, -0.15) is 0 Å². The van der Waals surface area contributed by atoms with Gasteiger partial charge in [0, 0.05) is 36.6 Å². The molecule has 1 aromatic heterocycles. The minimum Gasteiger partial charge on any atom is -0.480 e. The van der Waals surface area contributed by atoms with Crippen LogP contribution in [0.4, 0.5) is 0 Å². The highest BCUT2D eigenvalue weighted by molar-refractivity contribution is 6.00. The minimum atomic E-state index is -2.00. The van der Waals surface area contributed by atoms with Crippen LogP contribution in [0.15, 0.2) is 40.4 Å². The van der Waals surface area contributed by atoms with Crippen LogP contribution < -0.4 is 94.1 Å². The van der Waals surface area contributed by atoms with Crippen LogP contribution >= 0.6 is 0 Å². The molecule has 2 rings (SSSR count).